The molecule has 0 aliphatic carbocycles. The molecule has 2 aromatic rings. The fourth-order valence-corrected chi connectivity index (χ4v) is 3.76. The molecular weight excluding hydrogens is 360 g/mol. The van der Waals surface area contributed by atoms with Gasteiger partial charge in [-0.15, -0.1) is 0 Å². The molecule has 29 heavy (non-hydrogen) atoms. The number of hydrogen-bond donors (Lipinski definition) is 1. The summed E-state index contributed by atoms with van der Waals surface area (Å²) in [6.45, 7) is 9.03. The van der Waals surface area contributed by atoms with Crippen molar-refractivity contribution in [2.75, 3.05) is 26.2 Å². The largest absolute Gasteiger partial charge is 0.494 e. The Hall–Kier alpha value is -2.33. The van der Waals surface area contributed by atoms with E-state index in [1.165, 1.54) is 37.1 Å². The molecular formula is C25H34N2O2. The first-order chi connectivity index (χ1) is 14.1. The van der Waals surface area contributed by atoms with Crippen LogP contribution in [0.1, 0.15) is 54.6 Å². The lowest BCUT2D eigenvalue weighted by atomic mass is 9.99. The summed E-state index contributed by atoms with van der Waals surface area (Å²) in [7, 11) is 0. The quantitative estimate of drug-likeness (QED) is 0.628. The second kappa shape index (κ2) is 11.0. The Morgan fingerprint density at radius 3 is 2.34 bits per heavy atom. The molecule has 0 spiro atoms. The van der Waals surface area contributed by atoms with Gasteiger partial charge < -0.3 is 10.1 Å². The summed E-state index contributed by atoms with van der Waals surface area (Å²) in [5.41, 5.74) is 3.29. The summed E-state index contributed by atoms with van der Waals surface area (Å²) < 4.78 is 5.46. The second-order valence-electron chi connectivity index (χ2n) is 8.09. The minimum atomic E-state index is 0.00930. The Morgan fingerprint density at radius 2 is 1.69 bits per heavy atom. The van der Waals surface area contributed by atoms with E-state index in [1.54, 1.807) is 0 Å². The Kier molecular flexibility index (Phi) is 8.12. The fraction of sp³-hybridized carbons (Fsp3) is 0.480. The van der Waals surface area contributed by atoms with Crippen molar-refractivity contribution in [3.8, 4) is 5.75 Å². The van der Waals surface area contributed by atoms with Gasteiger partial charge in [0.2, 0.25) is 0 Å². The zero-order valence-electron chi connectivity index (χ0n) is 17.8. The number of hydrogen-bond acceptors (Lipinski definition) is 3. The van der Waals surface area contributed by atoms with Crippen LogP contribution < -0.4 is 10.1 Å². The van der Waals surface area contributed by atoms with Crippen LogP contribution in [0, 0.1) is 5.92 Å². The molecule has 2 aromatic carbocycles. The van der Waals surface area contributed by atoms with E-state index in [-0.39, 0.29) is 5.91 Å². The van der Waals surface area contributed by atoms with E-state index in [1.807, 2.05) is 31.2 Å². The Labute approximate surface area is 175 Å². The SMILES string of the molecule is CCOc1ccc(CCCNC(=O)c2ccc(CN3CCC(C)CC3)cc2)cc1. The molecule has 1 heterocycles. The Bertz CT molecular complexity index is 747. The number of piperidine rings is 1. The monoisotopic (exact) mass is 394 g/mol. The third kappa shape index (κ3) is 6.90. The zero-order chi connectivity index (χ0) is 20.5. The number of rotatable bonds is 9. The van der Waals surface area contributed by atoms with Crippen molar-refractivity contribution in [3.63, 3.8) is 0 Å². The van der Waals surface area contributed by atoms with Gasteiger partial charge in [-0.3, -0.25) is 9.69 Å². The summed E-state index contributed by atoms with van der Waals surface area (Å²) in [5, 5.41) is 3.03. The van der Waals surface area contributed by atoms with Gasteiger partial charge in [0.05, 0.1) is 6.61 Å². The molecule has 4 nitrogen and oxygen atoms in total. The van der Waals surface area contributed by atoms with E-state index in [4.69, 9.17) is 4.74 Å². The third-order valence-corrected chi connectivity index (χ3v) is 5.66. The van der Waals surface area contributed by atoms with Gasteiger partial charge in [0.15, 0.2) is 0 Å². The minimum absolute atomic E-state index is 0.00930. The molecule has 1 aliphatic rings. The van der Waals surface area contributed by atoms with Gasteiger partial charge in [-0.1, -0.05) is 31.2 Å². The van der Waals surface area contributed by atoms with Gasteiger partial charge in [0.25, 0.3) is 5.91 Å². The maximum absolute atomic E-state index is 12.4. The van der Waals surface area contributed by atoms with Crippen LogP contribution in [0.25, 0.3) is 0 Å². The van der Waals surface area contributed by atoms with E-state index in [0.717, 1.165) is 36.6 Å². The molecule has 0 aromatic heterocycles. The number of ether oxygens (including phenoxy) is 1. The van der Waals surface area contributed by atoms with Crippen LogP contribution in [0.3, 0.4) is 0 Å². The van der Waals surface area contributed by atoms with Gasteiger partial charge in [0, 0.05) is 18.7 Å². The summed E-state index contributed by atoms with van der Waals surface area (Å²) in [6.07, 6.45) is 4.44. The lowest BCUT2D eigenvalue weighted by molar-refractivity contribution is 0.0953. The highest BCUT2D eigenvalue weighted by Crippen LogP contribution is 2.18. The average Bonchev–Trinajstić information content (AvgIpc) is 2.74. The number of likely N-dealkylation sites (tertiary alicyclic amines) is 1. The number of nitrogens with one attached hydrogen (secondary N) is 1. The first-order valence-corrected chi connectivity index (χ1v) is 10.9. The summed E-state index contributed by atoms with van der Waals surface area (Å²) in [5.74, 6) is 1.77. The van der Waals surface area contributed by atoms with Gasteiger partial charge in [-0.25, -0.2) is 0 Å². The number of aryl methyl sites for hydroxylation is 1. The number of carbonyl (C=O) groups excluding carboxylic acids is 1. The highest BCUT2D eigenvalue weighted by Gasteiger charge is 2.15. The maximum Gasteiger partial charge on any atom is 0.251 e. The number of benzene rings is 2. The first-order valence-electron chi connectivity index (χ1n) is 10.9. The Morgan fingerprint density at radius 1 is 1.03 bits per heavy atom. The van der Waals surface area contributed by atoms with Crippen molar-refractivity contribution in [2.45, 2.75) is 46.1 Å². The van der Waals surface area contributed by atoms with Gasteiger partial charge in [-0.05, 0) is 87.0 Å². The summed E-state index contributed by atoms with van der Waals surface area (Å²) >= 11 is 0. The number of nitrogens with zero attached hydrogens (tertiary/aromatic N) is 1. The molecule has 1 fully saturated rings. The third-order valence-electron chi connectivity index (χ3n) is 5.66. The van der Waals surface area contributed by atoms with Crippen molar-refractivity contribution in [2.24, 2.45) is 5.92 Å². The zero-order valence-corrected chi connectivity index (χ0v) is 17.8. The minimum Gasteiger partial charge on any atom is -0.494 e. The van der Waals surface area contributed by atoms with E-state index in [2.05, 4.69) is 41.4 Å². The van der Waals surface area contributed by atoms with E-state index in [9.17, 15) is 4.79 Å². The van der Waals surface area contributed by atoms with E-state index >= 15 is 0 Å². The van der Waals surface area contributed by atoms with Crippen molar-refractivity contribution < 1.29 is 9.53 Å². The van der Waals surface area contributed by atoms with Gasteiger partial charge >= 0.3 is 0 Å². The molecule has 1 saturated heterocycles. The molecule has 0 atom stereocenters. The lowest BCUT2D eigenvalue weighted by Gasteiger charge is -2.30. The highest BCUT2D eigenvalue weighted by atomic mass is 16.5. The van der Waals surface area contributed by atoms with E-state index < -0.39 is 0 Å². The van der Waals surface area contributed by atoms with Crippen LogP contribution >= 0.6 is 0 Å². The van der Waals surface area contributed by atoms with Crippen LogP contribution in [-0.4, -0.2) is 37.0 Å². The van der Waals surface area contributed by atoms with Crippen molar-refractivity contribution in [1.82, 2.24) is 10.2 Å². The molecule has 156 valence electrons. The maximum atomic E-state index is 12.4. The molecule has 0 radical (unpaired) electrons. The van der Waals surface area contributed by atoms with Crippen LogP contribution in [0.15, 0.2) is 48.5 Å². The summed E-state index contributed by atoms with van der Waals surface area (Å²) in [6, 6.07) is 16.3. The highest BCUT2D eigenvalue weighted by molar-refractivity contribution is 5.94. The summed E-state index contributed by atoms with van der Waals surface area (Å²) in [4.78, 5) is 14.9. The predicted octanol–water partition coefficient (Wildman–Crippen LogP) is 4.68. The van der Waals surface area contributed by atoms with Crippen LogP contribution in [-0.2, 0) is 13.0 Å². The van der Waals surface area contributed by atoms with Gasteiger partial charge in [-0.2, -0.15) is 0 Å². The molecule has 4 heteroatoms. The van der Waals surface area contributed by atoms with Crippen molar-refractivity contribution >= 4 is 5.91 Å². The molecule has 1 amide bonds. The van der Waals surface area contributed by atoms with Crippen molar-refractivity contribution in [1.29, 1.82) is 0 Å². The van der Waals surface area contributed by atoms with Crippen LogP contribution in [0.4, 0.5) is 0 Å². The van der Waals surface area contributed by atoms with Crippen LogP contribution in [0.2, 0.25) is 0 Å². The topological polar surface area (TPSA) is 41.6 Å². The molecule has 0 saturated carbocycles. The molecule has 1 aliphatic heterocycles. The smallest absolute Gasteiger partial charge is 0.251 e. The van der Waals surface area contributed by atoms with Crippen molar-refractivity contribution in [3.05, 3.63) is 65.2 Å². The second-order valence-corrected chi connectivity index (χ2v) is 8.09. The van der Waals surface area contributed by atoms with E-state index in [0.29, 0.717) is 13.2 Å². The number of carbonyl (C=O) groups is 1. The average molecular weight is 395 g/mol. The fourth-order valence-electron chi connectivity index (χ4n) is 3.76. The Balaban J connectivity index is 1.38. The standard InChI is InChI=1S/C25H34N2O2/c1-3-29-24-12-8-21(9-13-24)5-4-16-26-25(28)23-10-6-22(7-11-23)19-27-17-14-20(2)15-18-27/h6-13,20H,3-5,14-19H2,1-2H3,(H,26,28). The number of amides is 1. The molecule has 0 bridgehead atoms. The van der Waals surface area contributed by atoms with Crippen LogP contribution in [0.5, 0.6) is 5.75 Å². The molecule has 1 N–H and O–H groups in total. The lowest BCUT2D eigenvalue weighted by Crippen LogP contribution is -2.32. The first kappa shape index (κ1) is 21.4. The predicted molar refractivity (Wildman–Crippen MR) is 118 cm³/mol. The van der Waals surface area contributed by atoms with Gasteiger partial charge in [0.1, 0.15) is 5.75 Å². The molecule has 3 rings (SSSR count). The normalized spacial score (nSPS) is 15.2. The molecule has 0 unspecified atom stereocenters.